The summed E-state index contributed by atoms with van der Waals surface area (Å²) >= 11 is 0. The van der Waals surface area contributed by atoms with Gasteiger partial charge >= 0.3 is 6.03 Å². The molecule has 9 heteroatoms. The van der Waals surface area contributed by atoms with Crippen LogP contribution < -0.4 is 10.6 Å². The van der Waals surface area contributed by atoms with Crippen LogP contribution in [-0.2, 0) is 26.1 Å². The quantitative estimate of drug-likeness (QED) is 0.678. The molecular weight excluding hydrogens is 320 g/mol. The maximum absolute atomic E-state index is 11.9. The van der Waals surface area contributed by atoms with E-state index in [1.807, 2.05) is 29.7 Å². The Balaban J connectivity index is 1.50. The first kappa shape index (κ1) is 16.6. The second-order valence-corrected chi connectivity index (χ2v) is 5.44. The molecule has 0 radical (unpaired) electrons. The number of benzene rings is 1. The molecule has 0 bridgehead atoms. The SMILES string of the molecule is CCn1cc(NC(=O)NCc2nncn2CCc2ccccc2)nn1. The summed E-state index contributed by atoms with van der Waals surface area (Å²) in [6, 6.07) is 9.83. The predicted molar refractivity (Wildman–Crippen MR) is 91.7 cm³/mol. The number of amides is 2. The minimum Gasteiger partial charge on any atom is -0.331 e. The van der Waals surface area contributed by atoms with Crippen LogP contribution in [0.2, 0.25) is 0 Å². The van der Waals surface area contributed by atoms with Crippen molar-refractivity contribution in [3.05, 3.63) is 54.2 Å². The first-order chi connectivity index (χ1) is 12.2. The smallest absolute Gasteiger partial charge is 0.320 e. The Morgan fingerprint density at radius 1 is 1.20 bits per heavy atom. The van der Waals surface area contributed by atoms with Crippen molar-refractivity contribution in [2.75, 3.05) is 5.32 Å². The average molecular weight is 340 g/mol. The minimum atomic E-state index is -0.360. The van der Waals surface area contributed by atoms with Crippen molar-refractivity contribution < 1.29 is 4.79 Å². The standard InChI is InChI=1S/C16H20N8O/c1-2-24-11-14(20-22-24)19-16(25)17-10-15-21-18-12-23(15)9-8-13-6-4-3-5-7-13/h3-7,11-12H,2,8-10H2,1H3,(H2,17,19,25). The molecule has 2 N–H and O–H groups in total. The summed E-state index contributed by atoms with van der Waals surface area (Å²) in [7, 11) is 0. The predicted octanol–water partition coefficient (Wildman–Crippen LogP) is 1.45. The lowest BCUT2D eigenvalue weighted by atomic mass is 10.1. The number of carbonyl (C=O) groups is 1. The van der Waals surface area contributed by atoms with Gasteiger partial charge in [0.2, 0.25) is 0 Å². The number of nitrogens with zero attached hydrogens (tertiary/aromatic N) is 6. The number of aryl methyl sites for hydroxylation is 3. The molecule has 2 aromatic heterocycles. The molecule has 0 aliphatic heterocycles. The summed E-state index contributed by atoms with van der Waals surface area (Å²) < 4.78 is 3.57. The Hall–Kier alpha value is -3.23. The Bertz CT molecular complexity index is 810. The first-order valence-corrected chi connectivity index (χ1v) is 8.10. The van der Waals surface area contributed by atoms with E-state index < -0.39 is 0 Å². The van der Waals surface area contributed by atoms with Gasteiger partial charge < -0.3 is 9.88 Å². The van der Waals surface area contributed by atoms with Gasteiger partial charge in [-0.3, -0.25) is 10.00 Å². The van der Waals surface area contributed by atoms with Gasteiger partial charge in [-0.2, -0.15) is 0 Å². The molecule has 25 heavy (non-hydrogen) atoms. The van der Waals surface area contributed by atoms with Crippen LogP contribution in [0, 0.1) is 0 Å². The maximum Gasteiger partial charge on any atom is 0.320 e. The van der Waals surface area contributed by atoms with Crippen LogP contribution in [0.4, 0.5) is 10.6 Å². The highest BCUT2D eigenvalue weighted by Gasteiger charge is 2.09. The molecular formula is C16H20N8O. The summed E-state index contributed by atoms with van der Waals surface area (Å²) in [5, 5.41) is 21.1. The molecule has 0 aliphatic carbocycles. The molecule has 9 nitrogen and oxygen atoms in total. The number of nitrogens with one attached hydrogen (secondary N) is 2. The van der Waals surface area contributed by atoms with E-state index in [2.05, 4.69) is 43.3 Å². The van der Waals surface area contributed by atoms with E-state index in [0.29, 0.717) is 18.2 Å². The zero-order valence-electron chi connectivity index (χ0n) is 14.0. The topological polar surface area (TPSA) is 103 Å². The van der Waals surface area contributed by atoms with E-state index in [9.17, 15) is 4.79 Å². The summed E-state index contributed by atoms with van der Waals surface area (Å²) in [5.74, 6) is 1.10. The van der Waals surface area contributed by atoms with E-state index in [1.165, 1.54) is 5.56 Å². The average Bonchev–Trinajstić information content (AvgIpc) is 3.28. The van der Waals surface area contributed by atoms with Crippen LogP contribution in [0.25, 0.3) is 0 Å². The minimum absolute atomic E-state index is 0.280. The molecule has 0 aliphatic rings. The van der Waals surface area contributed by atoms with Crippen molar-refractivity contribution in [1.29, 1.82) is 0 Å². The number of rotatable bonds is 7. The summed E-state index contributed by atoms with van der Waals surface area (Å²) in [6.45, 7) is 3.67. The van der Waals surface area contributed by atoms with E-state index in [-0.39, 0.29) is 12.6 Å². The van der Waals surface area contributed by atoms with Crippen molar-refractivity contribution in [3.63, 3.8) is 0 Å². The van der Waals surface area contributed by atoms with Crippen LogP contribution in [-0.4, -0.2) is 35.8 Å². The van der Waals surface area contributed by atoms with Gasteiger partial charge in [-0.25, -0.2) is 4.79 Å². The van der Waals surface area contributed by atoms with Crippen LogP contribution >= 0.6 is 0 Å². The van der Waals surface area contributed by atoms with Crippen LogP contribution in [0.5, 0.6) is 0 Å². The fourth-order valence-corrected chi connectivity index (χ4v) is 2.33. The number of hydrogen-bond acceptors (Lipinski definition) is 5. The van der Waals surface area contributed by atoms with E-state index in [4.69, 9.17) is 0 Å². The zero-order valence-corrected chi connectivity index (χ0v) is 14.0. The third kappa shape index (κ3) is 4.63. The monoisotopic (exact) mass is 340 g/mol. The van der Waals surface area contributed by atoms with Crippen LogP contribution in [0.3, 0.4) is 0 Å². The second kappa shape index (κ2) is 8.04. The number of aromatic nitrogens is 6. The number of anilines is 1. The van der Waals surface area contributed by atoms with E-state index in [1.54, 1.807) is 17.2 Å². The lowest BCUT2D eigenvalue weighted by Crippen LogP contribution is -2.29. The van der Waals surface area contributed by atoms with Crippen LogP contribution in [0.1, 0.15) is 18.3 Å². The number of hydrogen-bond donors (Lipinski definition) is 2. The van der Waals surface area contributed by atoms with Crippen molar-refractivity contribution in [1.82, 2.24) is 35.1 Å². The normalized spacial score (nSPS) is 10.6. The van der Waals surface area contributed by atoms with Gasteiger partial charge in [0.05, 0.1) is 12.7 Å². The Morgan fingerprint density at radius 2 is 2.04 bits per heavy atom. The van der Waals surface area contributed by atoms with Gasteiger partial charge in [0.25, 0.3) is 0 Å². The van der Waals surface area contributed by atoms with Gasteiger partial charge in [0, 0.05) is 13.1 Å². The van der Waals surface area contributed by atoms with Crippen molar-refractivity contribution in [2.24, 2.45) is 0 Å². The van der Waals surface area contributed by atoms with Gasteiger partial charge in [-0.1, -0.05) is 35.5 Å². The van der Waals surface area contributed by atoms with Crippen molar-refractivity contribution >= 4 is 11.8 Å². The van der Waals surface area contributed by atoms with Gasteiger partial charge in [0.15, 0.2) is 11.6 Å². The lowest BCUT2D eigenvalue weighted by Gasteiger charge is -2.08. The molecule has 0 atom stereocenters. The summed E-state index contributed by atoms with van der Waals surface area (Å²) in [6.07, 6.45) is 4.21. The molecule has 3 aromatic rings. The molecule has 0 spiro atoms. The Labute approximate surface area is 145 Å². The Kier molecular flexibility index (Phi) is 5.35. The van der Waals surface area contributed by atoms with Crippen LogP contribution in [0.15, 0.2) is 42.9 Å². The third-order valence-corrected chi connectivity index (χ3v) is 3.69. The van der Waals surface area contributed by atoms with E-state index in [0.717, 1.165) is 13.0 Å². The molecule has 0 saturated carbocycles. The Morgan fingerprint density at radius 3 is 2.80 bits per heavy atom. The molecule has 0 saturated heterocycles. The largest absolute Gasteiger partial charge is 0.331 e. The molecule has 0 fully saturated rings. The lowest BCUT2D eigenvalue weighted by molar-refractivity contribution is 0.251. The molecule has 0 unspecified atom stereocenters. The second-order valence-electron chi connectivity index (χ2n) is 5.44. The summed E-state index contributed by atoms with van der Waals surface area (Å²) in [4.78, 5) is 11.9. The molecule has 3 rings (SSSR count). The van der Waals surface area contributed by atoms with E-state index >= 15 is 0 Å². The molecule has 2 heterocycles. The van der Waals surface area contributed by atoms with Crippen molar-refractivity contribution in [2.45, 2.75) is 33.0 Å². The zero-order chi connectivity index (χ0) is 17.5. The van der Waals surface area contributed by atoms with Gasteiger partial charge in [-0.05, 0) is 18.9 Å². The fraction of sp³-hybridized carbons (Fsp3) is 0.312. The number of urea groups is 1. The highest BCUT2D eigenvalue weighted by Crippen LogP contribution is 2.04. The highest BCUT2D eigenvalue weighted by atomic mass is 16.2. The molecule has 2 amide bonds. The molecule has 1 aromatic carbocycles. The maximum atomic E-state index is 11.9. The first-order valence-electron chi connectivity index (χ1n) is 8.10. The van der Waals surface area contributed by atoms with Crippen molar-refractivity contribution in [3.8, 4) is 0 Å². The van der Waals surface area contributed by atoms with Gasteiger partial charge in [0.1, 0.15) is 6.33 Å². The van der Waals surface area contributed by atoms with Gasteiger partial charge in [-0.15, -0.1) is 15.3 Å². The fourth-order valence-electron chi connectivity index (χ4n) is 2.33. The molecule has 130 valence electrons. The summed E-state index contributed by atoms with van der Waals surface area (Å²) in [5.41, 5.74) is 1.24. The highest BCUT2D eigenvalue weighted by molar-refractivity contribution is 5.87. The number of carbonyl (C=O) groups excluding carboxylic acids is 1. The third-order valence-electron chi connectivity index (χ3n) is 3.69.